The predicted molar refractivity (Wildman–Crippen MR) is 91.1 cm³/mol. The van der Waals surface area contributed by atoms with Gasteiger partial charge in [-0.15, -0.1) is 22.7 Å². The summed E-state index contributed by atoms with van der Waals surface area (Å²) in [4.78, 5) is 29.2. The summed E-state index contributed by atoms with van der Waals surface area (Å²) in [5, 5.41) is 5.38. The number of anilines is 1. The number of hydrogen-bond acceptors (Lipinski definition) is 6. The highest BCUT2D eigenvalue weighted by Gasteiger charge is 2.26. The smallest absolute Gasteiger partial charge is 0.251 e. The Morgan fingerprint density at radius 1 is 1.45 bits per heavy atom. The normalized spacial score (nSPS) is 13.1. The highest BCUT2D eigenvalue weighted by atomic mass is 32.2. The third-order valence-corrected chi connectivity index (χ3v) is 6.69. The van der Waals surface area contributed by atoms with E-state index in [0.29, 0.717) is 10.6 Å². The molecule has 1 aliphatic carbocycles. The van der Waals surface area contributed by atoms with E-state index in [1.807, 2.05) is 12.3 Å². The molecule has 3 N–H and O–H groups in total. The summed E-state index contributed by atoms with van der Waals surface area (Å²) in [6.45, 7) is 1.92. The van der Waals surface area contributed by atoms with Gasteiger partial charge < -0.3 is 11.1 Å². The maximum absolute atomic E-state index is 12.1. The van der Waals surface area contributed by atoms with Crippen molar-refractivity contribution in [1.29, 1.82) is 0 Å². The van der Waals surface area contributed by atoms with Gasteiger partial charge in [-0.25, -0.2) is 4.98 Å². The molecule has 2 aromatic heterocycles. The van der Waals surface area contributed by atoms with Gasteiger partial charge in [0.05, 0.1) is 11.3 Å². The monoisotopic (exact) mass is 353 g/mol. The van der Waals surface area contributed by atoms with E-state index in [4.69, 9.17) is 5.73 Å². The van der Waals surface area contributed by atoms with E-state index in [1.165, 1.54) is 39.3 Å². The highest BCUT2D eigenvalue weighted by molar-refractivity contribution is 8.01. The van der Waals surface area contributed by atoms with Crippen molar-refractivity contribution in [3.8, 4) is 0 Å². The minimum atomic E-state index is -0.460. The van der Waals surface area contributed by atoms with Crippen molar-refractivity contribution >= 4 is 51.3 Å². The summed E-state index contributed by atoms with van der Waals surface area (Å²) in [6.07, 6.45) is 2.88. The average molecular weight is 353 g/mol. The van der Waals surface area contributed by atoms with Crippen LogP contribution in [0, 0.1) is 6.92 Å². The zero-order valence-electron chi connectivity index (χ0n) is 12.0. The lowest BCUT2D eigenvalue weighted by atomic mass is 10.1. The number of primary amides is 1. The maximum atomic E-state index is 12.1. The fourth-order valence-electron chi connectivity index (χ4n) is 2.44. The number of rotatable bonds is 5. The number of hydrogen-bond donors (Lipinski definition) is 2. The summed E-state index contributed by atoms with van der Waals surface area (Å²) < 4.78 is 0.872. The molecule has 2 amide bonds. The first-order valence-electron chi connectivity index (χ1n) is 6.83. The molecule has 0 saturated carbocycles. The number of nitrogens with one attached hydrogen (secondary N) is 1. The maximum Gasteiger partial charge on any atom is 0.251 e. The van der Waals surface area contributed by atoms with Crippen molar-refractivity contribution in [1.82, 2.24) is 4.98 Å². The second-order valence-electron chi connectivity index (χ2n) is 5.02. The molecule has 0 radical (unpaired) electrons. The Labute approximate surface area is 140 Å². The second kappa shape index (κ2) is 6.39. The van der Waals surface area contributed by atoms with E-state index in [9.17, 15) is 9.59 Å². The van der Waals surface area contributed by atoms with E-state index in [-0.39, 0.29) is 11.7 Å². The van der Waals surface area contributed by atoms with E-state index < -0.39 is 5.91 Å². The van der Waals surface area contributed by atoms with Crippen LogP contribution in [0.3, 0.4) is 0 Å². The molecular formula is C14H15N3O2S3. The number of carbonyl (C=O) groups excluding carboxylic acids is 2. The third-order valence-electron chi connectivity index (χ3n) is 3.35. The van der Waals surface area contributed by atoms with Crippen LogP contribution >= 0.6 is 34.4 Å². The number of fused-ring (bicyclic) bond motifs is 1. The van der Waals surface area contributed by atoms with Crippen molar-refractivity contribution in [2.75, 3.05) is 11.1 Å². The van der Waals surface area contributed by atoms with Crippen LogP contribution < -0.4 is 11.1 Å². The summed E-state index contributed by atoms with van der Waals surface area (Å²) in [5.41, 5.74) is 7.96. The third kappa shape index (κ3) is 3.18. The van der Waals surface area contributed by atoms with E-state index >= 15 is 0 Å². The van der Waals surface area contributed by atoms with Gasteiger partial charge in [0.1, 0.15) is 5.00 Å². The Morgan fingerprint density at radius 3 is 2.95 bits per heavy atom. The van der Waals surface area contributed by atoms with Crippen molar-refractivity contribution in [2.24, 2.45) is 5.73 Å². The SMILES string of the molecule is Cc1csc(SCC(=O)Nc2sc3c(c2C(N)=O)CCC3)n1. The molecule has 2 aromatic rings. The van der Waals surface area contributed by atoms with Crippen LogP contribution in [0.4, 0.5) is 5.00 Å². The molecule has 116 valence electrons. The molecule has 22 heavy (non-hydrogen) atoms. The van der Waals surface area contributed by atoms with Gasteiger partial charge >= 0.3 is 0 Å². The summed E-state index contributed by atoms with van der Waals surface area (Å²) in [7, 11) is 0. The molecule has 2 heterocycles. The Hall–Kier alpha value is -1.38. The van der Waals surface area contributed by atoms with Crippen LogP contribution in [0.2, 0.25) is 0 Å². The number of thioether (sulfide) groups is 1. The van der Waals surface area contributed by atoms with Crippen LogP contribution in [0.15, 0.2) is 9.72 Å². The molecule has 0 atom stereocenters. The van der Waals surface area contributed by atoms with Gasteiger partial charge in [0.25, 0.3) is 5.91 Å². The standard InChI is InChI=1S/C14H15N3O2S3/c1-7-5-20-14(16-7)21-6-10(18)17-13-11(12(15)19)8-3-2-4-9(8)22-13/h5H,2-4,6H2,1H3,(H2,15,19)(H,17,18). The van der Waals surface area contributed by atoms with Crippen LogP contribution in [-0.2, 0) is 17.6 Å². The first-order valence-corrected chi connectivity index (χ1v) is 9.52. The van der Waals surface area contributed by atoms with Crippen molar-refractivity contribution < 1.29 is 9.59 Å². The highest BCUT2D eigenvalue weighted by Crippen LogP contribution is 2.38. The number of nitrogens with two attached hydrogens (primary N) is 1. The Bertz CT molecular complexity index is 736. The molecule has 1 aliphatic rings. The number of nitrogens with zero attached hydrogens (tertiary/aromatic N) is 1. The van der Waals surface area contributed by atoms with Gasteiger partial charge in [-0.2, -0.15) is 0 Å². The number of carbonyl (C=O) groups is 2. The first-order chi connectivity index (χ1) is 10.5. The molecule has 3 rings (SSSR count). The van der Waals surface area contributed by atoms with Gasteiger partial charge in [0, 0.05) is 16.0 Å². The lowest BCUT2D eigenvalue weighted by Gasteiger charge is -2.05. The average Bonchev–Trinajstić information content (AvgIpc) is 3.11. The van der Waals surface area contributed by atoms with Gasteiger partial charge in [-0.1, -0.05) is 11.8 Å². The van der Waals surface area contributed by atoms with Gasteiger partial charge in [0.15, 0.2) is 4.34 Å². The summed E-state index contributed by atoms with van der Waals surface area (Å²) >= 11 is 4.40. The minimum Gasteiger partial charge on any atom is -0.365 e. The number of aromatic nitrogens is 1. The molecular weight excluding hydrogens is 338 g/mol. The molecule has 0 fully saturated rings. The molecule has 5 nitrogen and oxygen atoms in total. The Kier molecular flexibility index (Phi) is 4.51. The molecule has 0 bridgehead atoms. The van der Waals surface area contributed by atoms with Gasteiger partial charge in [0.2, 0.25) is 5.91 Å². The zero-order chi connectivity index (χ0) is 15.7. The molecule has 0 unspecified atom stereocenters. The largest absolute Gasteiger partial charge is 0.365 e. The molecule has 0 saturated heterocycles. The van der Waals surface area contributed by atoms with Crippen LogP contribution in [0.25, 0.3) is 0 Å². The lowest BCUT2D eigenvalue weighted by Crippen LogP contribution is -2.18. The van der Waals surface area contributed by atoms with Crippen molar-refractivity contribution in [2.45, 2.75) is 30.5 Å². The zero-order valence-corrected chi connectivity index (χ0v) is 14.4. The van der Waals surface area contributed by atoms with E-state index in [1.54, 1.807) is 0 Å². The Balaban J connectivity index is 1.68. The van der Waals surface area contributed by atoms with Crippen molar-refractivity contribution in [3.05, 3.63) is 27.1 Å². The van der Waals surface area contributed by atoms with Crippen molar-refractivity contribution in [3.63, 3.8) is 0 Å². The number of amides is 2. The van der Waals surface area contributed by atoms with Crippen LogP contribution in [-0.4, -0.2) is 22.6 Å². The molecule has 8 heteroatoms. The minimum absolute atomic E-state index is 0.139. The van der Waals surface area contributed by atoms with Gasteiger partial charge in [-0.3, -0.25) is 9.59 Å². The topological polar surface area (TPSA) is 85.1 Å². The molecule has 0 aromatic carbocycles. The Morgan fingerprint density at radius 2 is 2.27 bits per heavy atom. The fraction of sp³-hybridized carbons (Fsp3) is 0.357. The molecule has 0 aliphatic heterocycles. The lowest BCUT2D eigenvalue weighted by molar-refractivity contribution is -0.113. The van der Waals surface area contributed by atoms with E-state index in [0.717, 1.165) is 34.9 Å². The summed E-state index contributed by atoms with van der Waals surface area (Å²) in [5.74, 6) is -0.327. The van der Waals surface area contributed by atoms with E-state index in [2.05, 4.69) is 10.3 Å². The van der Waals surface area contributed by atoms with Crippen LogP contribution in [0.1, 0.15) is 32.9 Å². The predicted octanol–water partition coefficient (Wildman–Crippen LogP) is 2.83. The molecule has 0 spiro atoms. The fourth-order valence-corrected chi connectivity index (χ4v) is 5.40. The van der Waals surface area contributed by atoms with Crippen LogP contribution in [0.5, 0.6) is 0 Å². The number of thiophene rings is 1. The summed E-state index contributed by atoms with van der Waals surface area (Å²) in [6, 6.07) is 0. The second-order valence-corrected chi connectivity index (χ2v) is 8.20. The number of thiazole rings is 1. The van der Waals surface area contributed by atoms with Gasteiger partial charge in [-0.05, 0) is 31.7 Å². The number of aryl methyl sites for hydroxylation is 2. The first kappa shape index (κ1) is 15.5. The quantitative estimate of drug-likeness (QED) is 0.810.